The predicted octanol–water partition coefficient (Wildman–Crippen LogP) is 1.45. The Morgan fingerprint density at radius 3 is 2.48 bits per heavy atom. The average molecular weight is 293 g/mol. The summed E-state index contributed by atoms with van der Waals surface area (Å²) in [5, 5.41) is 0. The summed E-state index contributed by atoms with van der Waals surface area (Å²) < 4.78 is 5.38. The molecule has 0 aliphatic heterocycles. The summed E-state index contributed by atoms with van der Waals surface area (Å²) >= 11 is 0. The summed E-state index contributed by atoms with van der Waals surface area (Å²) in [5.74, 6) is 0.978. The molecule has 2 N–H and O–H groups in total. The van der Waals surface area contributed by atoms with E-state index in [9.17, 15) is 4.79 Å². The number of rotatable bonds is 8. The van der Waals surface area contributed by atoms with Gasteiger partial charge in [0.1, 0.15) is 5.75 Å². The molecule has 118 valence electrons. The summed E-state index contributed by atoms with van der Waals surface area (Å²) in [4.78, 5) is 16.0. The van der Waals surface area contributed by atoms with E-state index in [0.717, 1.165) is 30.0 Å². The molecule has 0 spiro atoms. The van der Waals surface area contributed by atoms with Crippen LogP contribution in [0.1, 0.15) is 25.0 Å². The number of hydrogen-bond donors (Lipinski definition) is 1. The Balaban J connectivity index is 2.73. The molecular weight excluding hydrogens is 266 g/mol. The van der Waals surface area contributed by atoms with Crippen molar-refractivity contribution in [3.63, 3.8) is 0 Å². The first-order valence-corrected chi connectivity index (χ1v) is 7.37. The predicted molar refractivity (Wildman–Crippen MR) is 85.1 cm³/mol. The monoisotopic (exact) mass is 293 g/mol. The van der Waals surface area contributed by atoms with E-state index in [-0.39, 0.29) is 5.91 Å². The van der Waals surface area contributed by atoms with Gasteiger partial charge in [0.25, 0.3) is 0 Å². The lowest BCUT2D eigenvalue weighted by Crippen LogP contribution is -2.38. The second-order valence-electron chi connectivity index (χ2n) is 5.09. The van der Waals surface area contributed by atoms with Crippen molar-refractivity contribution in [2.45, 2.75) is 26.9 Å². The van der Waals surface area contributed by atoms with Crippen molar-refractivity contribution in [1.29, 1.82) is 0 Å². The van der Waals surface area contributed by atoms with E-state index in [1.54, 1.807) is 7.11 Å². The zero-order valence-electron chi connectivity index (χ0n) is 13.6. The number of benzene rings is 1. The maximum absolute atomic E-state index is 12.1. The minimum absolute atomic E-state index is 0.149. The van der Waals surface area contributed by atoms with E-state index in [2.05, 4.69) is 0 Å². The Morgan fingerprint density at radius 1 is 1.29 bits per heavy atom. The molecule has 0 heterocycles. The van der Waals surface area contributed by atoms with Gasteiger partial charge in [0.2, 0.25) is 5.91 Å². The minimum atomic E-state index is 0.149. The molecule has 5 nitrogen and oxygen atoms in total. The zero-order valence-corrected chi connectivity index (χ0v) is 13.6. The number of likely N-dealkylation sites (N-methyl/N-ethyl adjacent to an activating group) is 2. The van der Waals surface area contributed by atoms with Crippen LogP contribution in [0.5, 0.6) is 5.75 Å². The molecule has 1 amide bonds. The largest absolute Gasteiger partial charge is 0.496 e. The lowest BCUT2D eigenvalue weighted by Gasteiger charge is -2.23. The Morgan fingerprint density at radius 2 is 1.95 bits per heavy atom. The number of methoxy groups -OCH3 is 1. The quantitative estimate of drug-likeness (QED) is 0.788. The van der Waals surface area contributed by atoms with Crippen molar-refractivity contribution < 1.29 is 9.53 Å². The van der Waals surface area contributed by atoms with E-state index < -0.39 is 0 Å². The van der Waals surface area contributed by atoms with Crippen LogP contribution in [-0.4, -0.2) is 49.5 Å². The van der Waals surface area contributed by atoms with Crippen LogP contribution < -0.4 is 10.5 Å². The second kappa shape index (κ2) is 8.64. The number of nitrogens with two attached hydrogens (primary N) is 1. The van der Waals surface area contributed by atoms with Gasteiger partial charge in [0, 0.05) is 31.7 Å². The van der Waals surface area contributed by atoms with Gasteiger partial charge in [0.05, 0.1) is 13.7 Å². The van der Waals surface area contributed by atoms with Gasteiger partial charge in [-0.3, -0.25) is 9.69 Å². The topological polar surface area (TPSA) is 58.8 Å². The number of carbonyl (C=O) groups is 1. The molecule has 0 fully saturated rings. The molecule has 0 aliphatic rings. The molecule has 0 saturated carbocycles. The summed E-state index contributed by atoms with van der Waals surface area (Å²) in [5.41, 5.74) is 7.80. The molecule has 0 unspecified atom stereocenters. The van der Waals surface area contributed by atoms with Crippen molar-refractivity contribution in [2.75, 3.05) is 33.8 Å². The smallest absolute Gasteiger partial charge is 0.236 e. The molecule has 1 aromatic carbocycles. The van der Waals surface area contributed by atoms with Crippen LogP contribution >= 0.6 is 0 Å². The lowest BCUT2D eigenvalue weighted by molar-refractivity contribution is -0.131. The SMILES string of the molecule is CCN(CC)C(=O)CN(C)Cc1cc(CN)ccc1OC. The minimum Gasteiger partial charge on any atom is -0.496 e. The molecule has 0 atom stereocenters. The van der Waals surface area contributed by atoms with Gasteiger partial charge >= 0.3 is 0 Å². The molecular formula is C16H27N3O2. The molecule has 0 radical (unpaired) electrons. The average Bonchev–Trinajstić information content (AvgIpc) is 2.48. The van der Waals surface area contributed by atoms with Gasteiger partial charge < -0.3 is 15.4 Å². The van der Waals surface area contributed by atoms with E-state index in [1.165, 1.54) is 0 Å². The fraction of sp³-hybridized carbons (Fsp3) is 0.562. The van der Waals surface area contributed by atoms with Crippen molar-refractivity contribution in [2.24, 2.45) is 5.73 Å². The first kappa shape index (κ1) is 17.5. The van der Waals surface area contributed by atoms with Crippen LogP contribution in [0, 0.1) is 0 Å². The molecule has 0 aliphatic carbocycles. The third-order valence-electron chi connectivity index (χ3n) is 3.54. The Labute approximate surface area is 127 Å². The van der Waals surface area contributed by atoms with Gasteiger partial charge in [-0.2, -0.15) is 0 Å². The Kier molecular flexibility index (Phi) is 7.19. The van der Waals surface area contributed by atoms with Gasteiger partial charge in [-0.05, 0) is 38.6 Å². The third-order valence-corrected chi connectivity index (χ3v) is 3.54. The zero-order chi connectivity index (χ0) is 15.8. The van der Waals surface area contributed by atoms with Gasteiger partial charge in [0.15, 0.2) is 0 Å². The maximum atomic E-state index is 12.1. The highest BCUT2D eigenvalue weighted by molar-refractivity contribution is 5.78. The molecule has 1 rings (SSSR count). The normalized spacial score (nSPS) is 10.8. The van der Waals surface area contributed by atoms with Crippen LogP contribution in [0.25, 0.3) is 0 Å². The fourth-order valence-corrected chi connectivity index (χ4v) is 2.34. The molecule has 0 saturated heterocycles. The number of hydrogen-bond acceptors (Lipinski definition) is 4. The summed E-state index contributed by atoms with van der Waals surface area (Å²) in [6.07, 6.45) is 0. The summed E-state index contributed by atoms with van der Waals surface area (Å²) in [6, 6.07) is 5.93. The first-order chi connectivity index (χ1) is 10.0. The van der Waals surface area contributed by atoms with Crippen LogP contribution in [0.4, 0.5) is 0 Å². The third kappa shape index (κ3) is 5.02. The fourth-order valence-electron chi connectivity index (χ4n) is 2.34. The van der Waals surface area contributed by atoms with E-state index >= 15 is 0 Å². The second-order valence-corrected chi connectivity index (χ2v) is 5.09. The highest BCUT2D eigenvalue weighted by Crippen LogP contribution is 2.21. The lowest BCUT2D eigenvalue weighted by atomic mass is 10.1. The molecule has 0 bridgehead atoms. The summed E-state index contributed by atoms with van der Waals surface area (Å²) in [6.45, 7) is 7.04. The van der Waals surface area contributed by atoms with Crippen LogP contribution in [0.3, 0.4) is 0 Å². The summed E-state index contributed by atoms with van der Waals surface area (Å²) in [7, 11) is 3.60. The van der Waals surface area contributed by atoms with E-state index in [4.69, 9.17) is 10.5 Å². The van der Waals surface area contributed by atoms with E-state index in [1.807, 2.05) is 48.9 Å². The Hall–Kier alpha value is -1.59. The van der Waals surface area contributed by atoms with Crippen molar-refractivity contribution in [1.82, 2.24) is 9.80 Å². The molecule has 0 aromatic heterocycles. The van der Waals surface area contributed by atoms with Crippen LogP contribution in [-0.2, 0) is 17.9 Å². The van der Waals surface area contributed by atoms with Crippen LogP contribution in [0.2, 0.25) is 0 Å². The number of ether oxygens (including phenoxy) is 1. The molecule has 5 heteroatoms. The van der Waals surface area contributed by atoms with Crippen LogP contribution in [0.15, 0.2) is 18.2 Å². The number of carbonyl (C=O) groups excluding carboxylic acids is 1. The maximum Gasteiger partial charge on any atom is 0.236 e. The molecule has 21 heavy (non-hydrogen) atoms. The first-order valence-electron chi connectivity index (χ1n) is 7.37. The van der Waals surface area contributed by atoms with Crippen molar-refractivity contribution >= 4 is 5.91 Å². The Bertz CT molecular complexity index is 459. The van der Waals surface area contributed by atoms with Gasteiger partial charge in [-0.25, -0.2) is 0 Å². The van der Waals surface area contributed by atoms with Gasteiger partial charge in [-0.15, -0.1) is 0 Å². The number of nitrogens with zero attached hydrogens (tertiary/aromatic N) is 2. The standard InChI is InChI=1S/C16H27N3O2/c1-5-19(6-2)16(20)12-18(3)11-14-9-13(10-17)7-8-15(14)21-4/h7-9H,5-6,10-12,17H2,1-4H3. The highest BCUT2D eigenvalue weighted by Gasteiger charge is 2.14. The van der Waals surface area contributed by atoms with Gasteiger partial charge in [-0.1, -0.05) is 6.07 Å². The molecule has 1 aromatic rings. The van der Waals surface area contributed by atoms with E-state index in [0.29, 0.717) is 19.6 Å². The highest BCUT2D eigenvalue weighted by atomic mass is 16.5. The van der Waals surface area contributed by atoms with Crippen molar-refractivity contribution in [3.05, 3.63) is 29.3 Å². The number of amides is 1. The van der Waals surface area contributed by atoms with Crippen molar-refractivity contribution in [3.8, 4) is 5.75 Å².